The molecule has 0 aromatic carbocycles. The summed E-state index contributed by atoms with van der Waals surface area (Å²) in [7, 11) is 1.94. The van der Waals surface area contributed by atoms with Crippen LogP contribution in [0.25, 0.3) is 0 Å². The van der Waals surface area contributed by atoms with E-state index in [1.807, 2.05) is 11.9 Å². The molecule has 1 aliphatic heterocycles. The minimum absolute atomic E-state index is 0.256. The Morgan fingerprint density at radius 1 is 1.31 bits per heavy atom. The molecule has 0 aliphatic carbocycles. The molecule has 0 bridgehead atoms. The summed E-state index contributed by atoms with van der Waals surface area (Å²) in [6.07, 6.45) is 3.07. The van der Waals surface area contributed by atoms with Gasteiger partial charge in [-0.1, -0.05) is 20.8 Å². The average molecular weight is 226 g/mol. The van der Waals surface area contributed by atoms with Gasteiger partial charge in [0.05, 0.1) is 0 Å². The monoisotopic (exact) mass is 226 g/mol. The first-order valence-corrected chi connectivity index (χ1v) is 6.36. The first-order valence-electron chi connectivity index (χ1n) is 6.36. The lowest BCUT2D eigenvalue weighted by Crippen LogP contribution is -2.40. The SMILES string of the molecule is CN(CCC(C)(C)C)C(=O)C1CCNCC1. The zero-order valence-electron chi connectivity index (χ0n) is 11.2. The lowest BCUT2D eigenvalue weighted by molar-refractivity contribution is -0.135. The van der Waals surface area contributed by atoms with Crippen LogP contribution < -0.4 is 5.32 Å². The van der Waals surface area contributed by atoms with Crippen molar-refractivity contribution < 1.29 is 4.79 Å². The van der Waals surface area contributed by atoms with Crippen molar-refractivity contribution in [1.29, 1.82) is 0 Å². The molecule has 0 aromatic rings. The first-order chi connectivity index (χ1) is 7.40. The number of carbonyl (C=O) groups is 1. The van der Waals surface area contributed by atoms with Gasteiger partial charge in [0, 0.05) is 19.5 Å². The van der Waals surface area contributed by atoms with E-state index in [1.54, 1.807) is 0 Å². The van der Waals surface area contributed by atoms with Crippen LogP contribution in [-0.4, -0.2) is 37.5 Å². The molecule has 0 radical (unpaired) electrons. The number of hydrogen-bond acceptors (Lipinski definition) is 2. The molecule has 0 aromatic heterocycles. The smallest absolute Gasteiger partial charge is 0.225 e. The third-order valence-corrected chi connectivity index (χ3v) is 3.26. The molecule has 1 fully saturated rings. The summed E-state index contributed by atoms with van der Waals surface area (Å²) in [6.45, 7) is 9.51. The van der Waals surface area contributed by atoms with Gasteiger partial charge < -0.3 is 10.2 Å². The predicted octanol–water partition coefficient (Wildman–Crippen LogP) is 1.88. The minimum Gasteiger partial charge on any atom is -0.346 e. The normalized spacial score (nSPS) is 18.5. The van der Waals surface area contributed by atoms with E-state index >= 15 is 0 Å². The zero-order chi connectivity index (χ0) is 12.2. The molecule has 3 nitrogen and oxygen atoms in total. The van der Waals surface area contributed by atoms with Crippen LogP contribution in [0.1, 0.15) is 40.0 Å². The van der Waals surface area contributed by atoms with E-state index in [0.29, 0.717) is 11.3 Å². The Morgan fingerprint density at radius 2 is 1.88 bits per heavy atom. The summed E-state index contributed by atoms with van der Waals surface area (Å²) >= 11 is 0. The number of amides is 1. The van der Waals surface area contributed by atoms with E-state index < -0.39 is 0 Å². The van der Waals surface area contributed by atoms with Crippen molar-refractivity contribution >= 4 is 5.91 Å². The molecular formula is C13H26N2O. The van der Waals surface area contributed by atoms with Gasteiger partial charge in [-0.25, -0.2) is 0 Å². The van der Waals surface area contributed by atoms with Crippen LogP contribution in [0.4, 0.5) is 0 Å². The van der Waals surface area contributed by atoms with Gasteiger partial charge in [0.2, 0.25) is 5.91 Å². The molecule has 1 N–H and O–H groups in total. The van der Waals surface area contributed by atoms with Gasteiger partial charge in [0.15, 0.2) is 0 Å². The van der Waals surface area contributed by atoms with E-state index in [9.17, 15) is 4.79 Å². The Bertz CT molecular complexity index is 227. The molecule has 1 amide bonds. The topological polar surface area (TPSA) is 32.3 Å². The zero-order valence-corrected chi connectivity index (χ0v) is 11.2. The molecule has 1 heterocycles. The maximum Gasteiger partial charge on any atom is 0.225 e. The summed E-state index contributed by atoms with van der Waals surface area (Å²) in [5.74, 6) is 0.594. The quantitative estimate of drug-likeness (QED) is 0.797. The van der Waals surface area contributed by atoms with Crippen molar-refractivity contribution in [2.45, 2.75) is 40.0 Å². The Kier molecular flexibility index (Phi) is 4.78. The van der Waals surface area contributed by atoms with E-state index in [1.165, 1.54) is 0 Å². The van der Waals surface area contributed by atoms with E-state index in [0.717, 1.165) is 38.9 Å². The Balaban J connectivity index is 2.34. The second kappa shape index (κ2) is 5.67. The highest BCUT2D eigenvalue weighted by Crippen LogP contribution is 2.20. The highest BCUT2D eigenvalue weighted by atomic mass is 16.2. The van der Waals surface area contributed by atoms with Gasteiger partial charge in [-0.15, -0.1) is 0 Å². The number of nitrogens with one attached hydrogen (secondary N) is 1. The molecule has 0 spiro atoms. The molecule has 94 valence electrons. The fourth-order valence-electron chi connectivity index (χ4n) is 1.99. The lowest BCUT2D eigenvalue weighted by atomic mass is 9.91. The maximum atomic E-state index is 12.1. The molecule has 1 saturated heterocycles. The predicted molar refractivity (Wildman–Crippen MR) is 67.3 cm³/mol. The highest BCUT2D eigenvalue weighted by molar-refractivity contribution is 5.78. The van der Waals surface area contributed by atoms with E-state index in [2.05, 4.69) is 26.1 Å². The van der Waals surface area contributed by atoms with Crippen molar-refractivity contribution in [2.24, 2.45) is 11.3 Å². The molecule has 16 heavy (non-hydrogen) atoms. The fraction of sp³-hybridized carbons (Fsp3) is 0.923. The summed E-state index contributed by atoms with van der Waals surface area (Å²) in [5.41, 5.74) is 0.308. The third kappa shape index (κ3) is 4.52. The fourth-order valence-corrected chi connectivity index (χ4v) is 1.99. The second-order valence-electron chi connectivity index (χ2n) is 6.09. The van der Waals surface area contributed by atoms with Crippen molar-refractivity contribution in [3.8, 4) is 0 Å². The number of rotatable bonds is 3. The Hall–Kier alpha value is -0.570. The molecule has 0 unspecified atom stereocenters. The Labute approximate surface area is 99.6 Å². The van der Waals surface area contributed by atoms with Crippen LogP contribution in [0.15, 0.2) is 0 Å². The van der Waals surface area contributed by atoms with E-state index in [-0.39, 0.29) is 5.92 Å². The van der Waals surface area contributed by atoms with Crippen LogP contribution in [0.2, 0.25) is 0 Å². The average Bonchev–Trinajstić information content (AvgIpc) is 2.25. The number of piperidine rings is 1. The van der Waals surface area contributed by atoms with Crippen LogP contribution in [-0.2, 0) is 4.79 Å². The number of hydrogen-bond donors (Lipinski definition) is 1. The molecule has 3 heteroatoms. The standard InChI is InChI=1S/C13H26N2O/c1-13(2,3)7-10-15(4)12(16)11-5-8-14-9-6-11/h11,14H,5-10H2,1-4H3. The minimum atomic E-state index is 0.256. The van der Waals surface area contributed by atoms with Crippen molar-refractivity contribution in [1.82, 2.24) is 10.2 Å². The van der Waals surface area contributed by atoms with Crippen LogP contribution in [0, 0.1) is 11.3 Å². The van der Waals surface area contributed by atoms with Crippen molar-refractivity contribution in [3.63, 3.8) is 0 Å². The van der Waals surface area contributed by atoms with Crippen LogP contribution >= 0.6 is 0 Å². The van der Waals surface area contributed by atoms with Gasteiger partial charge in [0.25, 0.3) is 0 Å². The first kappa shape index (κ1) is 13.5. The summed E-state index contributed by atoms with van der Waals surface area (Å²) in [5, 5.41) is 3.29. The number of carbonyl (C=O) groups excluding carboxylic acids is 1. The van der Waals surface area contributed by atoms with Crippen LogP contribution in [0.3, 0.4) is 0 Å². The molecule has 1 rings (SSSR count). The highest BCUT2D eigenvalue weighted by Gasteiger charge is 2.24. The van der Waals surface area contributed by atoms with Gasteiger partial charge in [-0.3, -0.25) is 4.79 Å². The second-order valence-corrected chi connectivity index (χ2v) is 6.09. The third-order valence-electron chi connectivity index (χ3n) is 3.26. The van der Waals surface area contributed by atoms with Gasteiger partial charge in [0.1, 0.15) is 0 Å². The lowest BCUT2D eigenvalue weighted by Gasteiger charge is -2.29. The van der Waals surface area contributed by atoms with Gasteiger partial charge in [-0.2, -0.15) is 0 Å². The van der Waals surface area contributed by atoms with Crippen LogP contribution in [0.5, 0.6) is 0 Å². The van der Waals surface area contributed by atoms with E-state index in [4.69, 9.17) is 0 Å². The molecule has 0 atom stereocenters. The largest absolute Gasteiger partial charge is 0.346 e. The molecule has 1 aliphatic rings. The summed E-state index contributed by atoms with van der Waals surface area (Å²) in [4.78, 5) is 14.0. The number of nitrogens with zero attached hydrogens (tertiary/aromatic N) is 1. The summed E-state index contributed by atoms with van der Waals surface area (Å²) < 4.78 is 0. The Morgan fingerprint density at radius 3 is 2.38 bits per heavy atom. The van der Waals surface area contributed by atoms with Crippen molar-refractivity contribution in [2.75, 3.05) is 26.7 Å². The maximum absolute atomic E-state index is 12.1. The molecular weight excluding hydrogens is 200 g/mol. The van der Waals surface area contributed by atoms with Gasteiger partial charge >= 0.3 is 0 Å². The summed E-state index contributed by atoms with van der Waals surface area (Å²) in [6, 6.07) is 0. The van der Waals surface area contributed by atoms with Gasteiger partial charge in [-0.05, 0) is 37.8 Å². The molecule has 0 saturated carbocycles. The van der Waals surface area contributed by atoms with Crippen molar-refractivity contribution in [3.05, 3.63) is 0 Å².